The van der Waals surface area contributed by atoms with Crippen LogP contribution < -0.4 is 4.74 Å². The van der Waals surface area contributed by atoms with E-state index in [0.29, 0.717) is 0 Å². The lowest BCUT2D eigenvalue weighted by Gasteiger charge is -2.35. The van der Waals surface area contributed by atoms with Gasteiger partial charge in [-0.1, -0.05) is 12.1 Å². The highest BCUT2D eigenvalue weighted by atomic mass is 19.4. The summed E-state index contributed by atoms with van der Waals surface area (Å²) < 4.78 is 127. The molecule has 2 nitrogen and oxygen atoms in total. The molecule has 0 heterocycles. The van der Waals surface area contributed by atoms with Crippen molar-refractivity contribution >= 4 is 0 Å². The minimum atomic E-state index is -6.93. The summed E-state index contributed by atoms with van der Waals surface area (Å²) in [6.07, 6.45) is -10.9. The van der Waals surface area contributed by atoms with Crippen LogP contribution in [0.4, 0.5) is 39.5 Å². The van der Waals surface area contributed by atoms with Crippen molar-refractivity contribution in [3.63, 3.8) is 0 Å². The summed E-state index contributed by atoms with van der Waals surface area (Å²) in [6.45, 7) is 5.00. The van der Waals surface area contributed by atoms with Crippen LogP contribution in [0, 0.1) is 0 Å². The van der Waals surface area contributed by atoms with Gasteiger partial charge >= 0.3 is 23.9 Å². The van der Waals surface area contributed by atoms with Gasteiger partial charge in [0.1, 0.15) is 11.4 Å². The predicted octanol–water partition coefficient (Wildman–Crippen LogP) is 6.41. The smallest absolute Gasteiger partial charge is 0.460 e. The van der Waals surface area contributed by atoms with Gasteiger partial charge in [-0.2, -0.15) is 39.5 Å². The lowest BCUT2D eigenvalue weighted by atomic mass is 9.95. The summed E-state index contributed by atoms with van der Waals surface area (Å²) in [5, 5.41) is 0. The van der Waals surface area contributed by atoms with E-state index in [1.165, 1.54) is 18.2 Å². The molecule has 1 aromatic rings. The molecule has 0 bridgehead atoms. The molecule has 0 aliphatic rings. The first-order valence-electron chi connectivity index (χ1n) is 7.87. The maximum Gasteiger partial charge on any atom is 0.460 e. The fourth-order valence-electron chi connectivity index (χ4n) is 2.24. The van der Waals surface area contributed by atoms with Crippen molar-refractivity contribution in [1.82, 2.24) is 0 Å². The van der Waals surface area contributed by atoms with E-state index < -0.39 is 42.1 Å². The number of ether oxygens (including phenoxy) is 2. The van der Waals surface area contributed by atoms with Gasteiger partial charge in [0, 0.05) is 13.5 Å². The molecule has 0 spiro atoms. The molecule has 162 valence electrons. The van der Waals surface area contributed by atoms with Crippen molar-refractivity contribution in [2.45, 2.75) is 62.8 Å². The second kappa shape index (κ2) is 7.64. The monoisotopic (exact) mass is 426 g/mol. The normalized spacial score (nSPS) is 15.5. The van der Waals surface area contributed by atoms with Crippen molar-refractivity contribution in [2.75, 3.05) is 7.11 Å². The summed E-state index contributed by atoms with van der Waals surface area (Å²) in [6, 6.07) is 5.05. The van der Waals surface area contributed by atoms with E-state index in [1.807, 2.05) is 0 Å². The number of methoxy groups -OCH3 is 1. The molecule has 0 amide bonds. The zero-order valence-electron chi connectivity index (χ0n) is 15.3. The lowest BCUT2D eigenvalue weighted by Crippen LogP contribution is -2.61. The van der Waals surface area contributed by atoms with E-state index in [0.717, 1.165) is 13.2 Å². The van der Waals surface area contributed by atoms with Gasteiger partial charge in [-0.25, -0.2) is 0 Å². The Morgan fingerprint density at radius 1 is 0.857 bits per heavy atom. The highest BCUT2D eigenvalue weighted by molar-refractivity contribution is 5.31. The van der Waals surface area contributed by atoms with Crippen LogP contribution in [0.25, 0.3) is 0 Å². The van der Waals surface area contributed by atoms with Gasteiger partial charge in [-0.3, -0.25) is 0 Å². The van der Waals surface area contributed by atoms with Crippen molar-refractivity contribution in [3.05, 3.63) is 29.8 Å². The number of hydrogen-bond acceptors (Lipinski definition) is 2. The lowest BCUT2D eigenvalue weighted by molar-refractivity contribution is -0.398. The molecule has 0 aromatic heterocycles. The molecular weight excluding hydrogens is 407 g/mol. The maximum absolute atomic E-state index is 13.9. The Bertz CT molecular complexity index is 663. The van der Waals surface area contributed by atoms with Crippen molar-refractivity contribution in [1.29, 1.82) is 0 Å². The van der Waals surface area contributed by atoms with Gasteiger partial charge in [-0.05, 0) is 38.5 Å². The Morgan fingerprint density at radius 2 is 1.39 bits per heavy atom. The van der Waals surface area contributed by atoms with Gasteiger partial charge in [0.25, 0.3) is 0 Å². The molecule has 0 radical (unpaired) electrons. The van der Waals surface area contributed by atoms with Crippen LogP contribution in [-0.2, 0) is 4.74 Å². The number of hydrogen-bond donors (Lipinski definition) is 0. The number of rotatable bonds is 7. The first-order chi connectivity index (χ1) is 12.4. The average Bonchev–Trinajstić information content (AvgIpc) is 2.49. The maximum atomic E-state index is 13.9. The molecule has 0 aliphatic carbocycles. The largest absolute Gasteiger partial charge is 0.488 e. The van der Waals surface area contributed by atoms with Gasteiger partial charge in [0.2, 0.25) is 0 Å². The standard InChI is InChI=1S/C17H19F9O2/c1-13(2,3)28-11-7-5-6-10(8-11)12(27-4)9-14(18,19)15(20,21)16(22,23)17(24,25)26/h5-8,12H,9H2,1-4H3. The van der Waals surface area contributed by atoms with Gasteiger partial charge in [-0.15, -0.1) is 0 Å². The van der Waals surface area contributed by atoms with Crippen LogP contribution in [0.5, 0.6) is 5.75 Å². The van der Waals surface area contributed by atoms with Crippen LogP contribution in [0.3, 0.4) is 0 Å². The average molecular weight is 426 g/mol. The molecule has 0 N–H and O–H groups in total. The Kier molecular flexibility index (Phi) is 6.66. The summed E-state index contributed by atoms with van der Waals surface area (Å²) in [4.78, 5) is 0. The molecule has 1 aromatic carbocycles. The third-order valence-corrected chi connectivity index (χ3v) is 3.59. The minimum Gasteiger partial charge on any atom is -0.488 e. The molecule has 0 aliphatic heterocycles. The van der Waals surface area contributed by atoms with Gasteiger partial charge in [0.05, 0.1) is 6.10 Å². The predicted molar refractivity (Wildman–Crippen MR) is 82.1 cm³/mol. The molecule has 11 heteroatoms. The van der Waals surface area contributed by atoms with Gasteiger partial charge in [0.15, 0.2) is 0 Å². The van der Waals surface area contributed by atoms with Crippen molar-refractivity contribution in [3.8, 4) is 5.75 Å². The molecule has 1 rings (SSSR count). The van der Waals surface area contributed by atoms with Gasteiger partial charge < -0.3 is 9.47 Å². The minimum absolute atomic E-state index is 0.141. The quantitative estimate of drug-likeness (QED) is 0.469. The first kappa shape index (κ1) is 24.4. The Balaban J connectivity index is 3.20. The summed E-state index contributed by atoms with van der Waals surface area (Å²) in [5.41, 5.74) is -0.859. The zero-order valence-corrected chi connectivity index (χ0v) is 15.3. The van der Waals surface area contributed by atoms with Crippen LogP contribution in [0.2, 0.25) is 0 Å². The Morgan fingerprint density at radius 3 is 1.82 bits per heavy atom. The molecule has 1 unspecified atom stereocenters. The SMILES string of the molecule is COC(CC(F)(F)C(F)(F)C(F)(F)C(F)(F)F)c1cccc(OC(C)(C)C)c1. The van der Waals surface area contributed by atoms with E-state index in [1.54, 1.807) is 20.8 Å². The fourth-order valence-corrected chi connectivity index (χ4v) is 2.24. The van der Waals surface area contributed by atoms with Crippen LogP contribution in [0.15, 0.2) is 24.3 Å². The summed E-state index contributed by atoms with van der Waals surface area (Å²) in [7, 11) is 0.831. The topological polar surface area (TPSA) is 18.5 Å². The van der Waals surface area contributed by atoms with E-state index in [9.17, 15) is 39.5 Å². The second-order valence-corrected chi connectivity index (χ2v) is 7.07. The zero-order chi connectivity index (χ0) is 22.2. The molecule has 0 saturated heterocycles. The third-order valence-electron chi connectivity index (χ3n) is 3.59. The van der Waals surface area contributed by atoms with Crippen LogP contribution in [-0.4, -0.2) is 36.7 Å². The van der Waals surface area contributed by atoms with Crippen molar-refractivity contribution in [2.24, 2.45) is 0 Å². The van der Waals surface area contributed by atoms with E-state index in [-0.39, 0.29) is 11.3 Å². The van der Waals surface area contributed by atoms with E-state index in [4.69, 9.17) is 4.74 Å². The number of alkyl halides is 9. The van der Waals surface area contributed by atoms with Crippen molar-refractivity contribution < 1.29 is 49.0 Å². The second-order valence-electron chi connectivity index (χ2n) is 7.07. The van der Waals surface area contributed by atoms with E-state index in [2.05, 4.69) is 4.74 Å². The Labute approximate surface area is 155 Å². The molecule has 28 heavy (non-hydrogen) atoms. The fraction of sp³-hybridized carbons (Fsp3) is 0.647. The molecule has 0 saturated carbocycles. The van der Waals surface area contributed by atoms with Crippen LogP contribution in [0.1, 0.15) is 38.9 Å². The number of halogens is 9. The third kappa shape index (κ3) is 5.03. The summed E-state index contributed by atoms with van der Waals surface area (Å²) in [5.74, 6) is -19.2. The molecule has 1 atom stereocenters. The van der Waals surface area contributed by atoms with Crippen LogP contribution >= 0.6 is 0 Å². The number of benzene rings is 1. The summed E-state index contributed by atoms with van der Waals surface area (Å²) >= 11 is 0. The first-order valence-corrected chi connectivity index (χ1v) is 7.87. The molecule has 0 fully saturated rings. The highest BCUT2D eigenvalue weighted by Crippen LogP contribution is 2.55. The molecular formula is C17H19F9O2. The highest BCUT2D eigenvalue weighted by Gasteiger charge is 2.81. The van der Waals surface area contributed by atoms with E-state index >= 15 is 0 Å². The Hall–Kier alpha value is -1.65.